The molecule has 0 amide bonds. The maximum atomic E-state index is 3.17. The molecular formula is C12H17. The number of hydrogen-bond acceptors (Lipinski definition) is 0. The minimum atomic E-state index is 1.16. The molecule has 0 nitrogen and oxygen atoms in total. The minimum Gasteiger partial charge on any atom is -0.0885 e. The van der Waals surface area contributed by atoms with E-state index in [1.165, 1.54) is 32.1 Å². The van der Waals surface area contributed by atoms with Gasteiger partial charge in [0, 0.05) is 0 Å². The molecule has 0 aromatic heterocycles. The largest absolute Gasteiger partial charge is 0.0885 e. The average Bonchev–Trinajstić information content (AvgIpc) is 2.05. The Labute approximate surface area is 75.7 Å². The summed E-state index contributed by atoms with van der Waals surface area (Å²) in [5, 5.41) is 0. The fourth-order valence-electron chi connectivity index (χ4n) is 1.23. The van der Waals surface area contributed by atoms with Crippen LogP contribution >= 0.6 is 0 Å². The average molecular weight is 161 g/mol. The van der Waals surface area contributed by atoms with Crippen molar-refractivity contribution in [1.29, 1.82) is 0 Å². The van der Waals surface area contributed by atoms with Crippen molar-refractivity contribution >= 4 is 0 Å². The molecule has 1 radical (unpaired) electrons. The Kier molecular flexibility index (Phi) is 5.35. The standard InChI is InChI=1S/C12H17/c1-2-4-6-8-10-12-11-9-7-5-3-1/h1-2,9-11H,3-8H2/b2-1-,11-9+,12-10?. The topological polar surface area (TPSA) is 0 Å². The predicted molar refractivity (Wildman–Crippen MR) is 53.8 cm³/mol. The van der Waals surface area contributed by atoms with Crippen LogP contribution in [0.3, 0.4) is 0 Å². The molecule has 0 aromatic carbocycles. The van der Waals surface area contributed by atoms with Gasteiger partial charge in [0.1, 0.15) is 0 Å². The SMILES string of the molecule is [C]1=C\CCC/C=C\CCC/C=C/1. The molecule has 0 fully saturated rings. The molecule has 0 aliphatic heterocycles. The van der Waals surface area contributed by atoms with Gasteiger partial charge in [0.2, 0.25) is 0 Å². The van der Waals surface area contributed by atoms with E-state index in [1.54, 1.807) is 0 Å². The van der Waals surface area contributed by atoms with Gasteiger partial charge >= 0.3 is 0 Å². The number of allylic oxidation sites excluding steroid dienone is 6. The molecule has 0 atom stereocenters. The quantitative estimate of drug-likeness (QED) is 0.474. The second-order valence-electron chi connectivity index (χ2n) is 3.11. The van der Waals surface area contributed by atoms with Crippen LogP contribution in [-0.4, -0.2) is 0 Å². The Morgan fingerprint density at radius 1 is 0.750 bits per heavy atom. The van der Waals surface area contributed by atoms with Gasteiger partial charge < -0.3 is 0 Å². The molecule has 0 unspecified atom stereocenters. The summed E-state index contributed by atoms with van der Waals surface area (Å²) in [6, 6.07) is 0. The maximum absolute atomic E-state index is 3.17. The van der Waals surface area contributed by atoms with Crippen LogP contribution in [0.25, 0.3) is 0 Å². The Morgan fingerprint density at radius 3 is 2.25 bits per heavy atom. The van der Waals surface area contributed by atoms with Gasteiger partial charge in [-0.15, -0.1) is 0 Å². The third-order valence-corrected chi connectivity index (χ3v) is 1.96. The van der Waals surface area contributed by atoms with E-state index in [0.29, 0.717) is 0 Å². The van der Waals surface area contributed by atoms with E-state index in [2.05, 4.69) is 30.4 Å². The summed E-state index contributed by atoms with van der Waals surface area (Å²) in [7, 11) is 0. The highest BCUT2D eigenvalue weighted by Crippen LogP contribution is 2.03. The van der Waals surface area contributed by atoms with Crippen LogP contribution in [0.4, 0.5) is 0 Å². The molecule has 0 bridgehead atoms. The fraction of sp³-hybridized carbons (Fsp3) is 0.500. The van der Waals surface area contributed by atoms with Gasteiger partial charge in [-0.1, -0.05) is 30.4 Å². The van der Waals surface area contributed by atoms with Crippen LogP contribution < -0.4 is 0 Å². The Bertz CT molecular complexity index is 152. The molecule has 0 spiro atoms. The van der Waals surface area contributed by atoms with Crippen LogP contribution in [0.15, 0.2) is 30.4 Å². The molecule has 1 aliphatic carbocycles. The first-order valence-corrected chi connectivity index (χ1v) is 4.88. The molecular weight excluding hydrogens is 144 g/mol. The first-order chi connectivity index (χ1) is 6.00. The van der Waals surface area contributed by atoms with Crippen molar-refractivity contribution in [2.75, 3.05) is 0 Å². The lowest BCUT2D eigenvalue weighted by Crippen LogP contribution is -1.73. The van der Waals surface area contributed by atoms with Crippen LogP contribution in [0.1, 0.15) is 38.5 Å². The van der Waals surface area contributed by atoms with Crippen molar-refractivity contribution in [3.05, 3.63) is 36.5 Å². The molecule has 0 heterocycles. The van der Waals surface area contributed by atoms with E-state index in [1.807, 2.05) is 6.08 Å². The van der Waals surface area contributed by atoms with Gasteiger partial charge in [-0.25, -0.2) is 0 Å². The van der Waals surface area contributed by atoms with Crippen LogP contribution in [-0.2, 0) is 0 Å². The molecule has 0 saturated heterocycles. The third kappa shape index (κ3) is 4.95. The summed E-state index contributed by atoms with van der Waals surface area (Å²) < 4.78 is 0. The lowest BCUT2D eigenvalue weighted by Gasteiger charge is -1.93. The molecule has 0 N–H and O–H groups in total. The Morgan fingerprint density at radius 2 is 1.42 bits per heavy atom. The third-order valence-electron chi connectivity index (χ3n) is 1.96. The van der Waals surface area contributed by atoms with Gasteiger partial charge in [-0.05, 0) is 44.6 Å². The van der Waals surface area contributed by atoms with E-state index >= 15 is 0 Å². The summed E-state index contributed by atoms with van der Waals surface area (Å²) in [5.74, 6) is 0. The van der Waals surface area contributed by atoms with E-state index < -0.39 is 0 Å². The first kappa shape index (κ1) is 9.31. The smallest absolute Gasteiger partial charge is 0.0230 e. The van der Waals surface area contributed by atoms with Crippen molar-refractivity contribution in [3.63, 3.8) is 0 Å². The van der Waals surface area contributed by atoms with Crippen LogP contribution in [0.2, 0.25) is 0 Å². The molecule has 1 rings (SSSR count). The summed E-state index contributed by atoms with van der Waals surface area (Å²) >= 11 is 0. The second-order valence-corrected chi connectivity index (χ2v) is 3.11. The zero-order valence-electron chi connectivity index (χ0n) is 7.63. The normalized spacial score (nSPS) is 28.0. The van der Waals surface area contributed by atoms with Gasteiger partial charge in [-0.3, -0.25) is 0 Å². The van der Waals surface area contributed by atoms with E-state index in [-0.39, 0.29) is 0 Å². The van der Waals surface area contributed by atoms with Crippen LogP contribution in [0.5, 0.6) is 0 Å². The summed E-state index contributed by atoms with van der Waals surface area (Å²) in [6.07, 6.45) is 21.5. The Balaban J connectivity index is 2.30. The van der Waals surface area contributed by atoms with Gasteiger partial charge in [0.15, 0.2) is 0 Å². The van der Waals surface area contributed by atoms with Crippen LogP contribution in [0, 0.1) is 6.08 Å². The molecule has 65 valence electrons. The molecule has 0 heteroatoms. The highest BCUT2D eigenvalue weighted by Gasteiger charge is 1.83. The molecule has 0 saturated carbocycles. The summed E-state index contributed by atoms with van der Waals surface area (Å²) in [4.78, 5) is 0. The molecule has 1 aliphatic rings. The highest BCUT2D eigenvalue weighted by molar-refractivity contribution is 4.96. The van der Waals surface area contributed by atoms with E-state index in [4.69, 9.17) is 0 Å². The Hall–Kier alpha value is -0.780. The number of rotatable bonds is 0. The zero-order valence-corrected chi connectivity index (χ0v) is 7.63. The summed E-state index contributed by atoms with van der Waals surface area (Å²) in [5.41, 5.74) is 0. The van der Waals surface area contributed by atoms with E-state index in [9.17, 15) is 0 Å². The second kappa shape index (κ2) is 6.90. The first-order valence-electron chi connectivity index (χ1n) is 4.88. The number of hydrogen-bond donors (Lipinski definition) is 0. The van der Waals surface area contributed by atoms with Gasteiger partial charge in [0.25, 0.3) is 0 Å². The van der Waals surface area contributed by atoms with Crippen molar-refractivity contribution < 1.29 is 0 Å². The van der Waals surface area contributed by atoms with Crippen molar-refractivity contribution in [1.82, 2.24) is 0 Å². The van der Waals surface area contributed by atoms with E-state index in [0.717, 1.165) is 6.42 Å². The minimum absolute atomic E-state index is 1.16. The fourth-order valence-corrected chi connectivity index (χ4v) is 1.23. The monoisotopic (exact) mass is 161 g/mol. The van der Waals surface area contributed by atoms with Crippen molar-refractivity contribution in [2.24, 2.45) is 0 Å². The lowest BCUT2D eigenvalue weighted by molar-refractivity contribution is 0.837. The molecule has 12 heavy (non-hydrogen) atoms. The van der Waals surface area contributed by atoms with Gasteiger partial charge in [-0.2, -0.15) is 0 Å². The lowest BCUT2D eigenvalue weighted by atomic mass is 10.1. The van der Waals surface area contributed by atoms with Gasteiger partial charge in [0.05, 0.1) is 0 Å². The maximum Gasteiger partial charge on any atom is -0.0230 e. The molecule has 0 aromatic rings. The zero-order chi connectivity index (χ0) is 8.49. The highest BCUT2D eigenvalue weighted by atomic mass is 13.9. The summed E-state index contributed by atoms with van der Waals surface area (Å²) in [6.45, 7) is 0. The van der Waals surface area contributed by atoms with Crippen molar-refractivity contribution in [3.8, 4) is 0 Å². The van der Waals surface area contributed by atoms with Crippen molar-refractivity contribution in [2.45, 2.75) is 38.5 Å². The predicted octanol–water partition coefficient (Wildman–Crippen LogP) is 3.81.